The molecule has 2 rings (SSSR count). The van der Waals surface area contributed by atoms with Crippen molar-refractivity contribution in [2.45, 2.75) is 32.1 Å². The maximum absolute atomic E-state index is 11.1. The van der Waals surface area contributed by atoms with E-state index < -0.39 is 11.4 Å². The fourth-order valence-corrected chi connectivity index (χ4v) is 2.52. The summed E-state index contributed by atoms with van der Waals surface area (Å²) in [4.78, 5) is 16.2. The fourth-order valence-electron chi connectivity index (χ4n) is 1.51. The van der Waals surface area contributed by atoms with E-state index in [2.05, 4.69) is 4.98 Å². The van der Waals surface area contributed by atoms with E-state index in [1.165, 1.54) is 11.3 Å². The molecular weight excluding hydrogens is 250 g/mol. The van der Waals surface area contributed by atoms with Crippen LogP contribution in [0.3, 0.4) is 0 Å². The Hall–Kier alpha value is -1.62. The van der Waals surface area contributed by atoms with Gasteiger partial charge in [-0.15, -0.1) is 11.3 Å². The highest BCUT2D eigenvalue weighted by molar-refractivity contribution is 7.11. The molecule has 0 aliphatic heterocycles. The molecule has 0 aromatic carbocycles. The van der Waals surface area contributed by atoms with Crippen LogP contribution in [-0.2, 0) is 23.1 Å². The Morgan fingerprint density at radius 3 is 2.89 bits per heavy atom. The molecule has 0 atom stereocenters. The molecule has 2 heterocycles. The van der Waals surface area contributed by atoms with Gasteiger partial charge in [-0.1, -0.05) is 0 Å². The number of aryl methyl sites for hydroxylation is 2. The molecule has 0 fully saturated rings. The monoisotopic (exact) mass is 265 g/mol. The predicted octanol–water partition coefficient (Wildman–Crippen LogP) is 2.88. The first-order valence-corrected chi connectivity index (χ1v) is 6.53. The second kappa shape index (κ2) is 4.94. The highest BCUT2D eigenvalue weighted by atomic mass is 32.1. The summed E-state index contributed by atoms with van der Waals surface area (Å²) in [5.74, 6) is 0.0907. The molecule has 4 nitrogen and oxygen atoms in total. The Balaban J connectivity index is 2.04. The maximum Gasteiger partial charge on any atom is 0.314 e. The lowest BCUT2D eigenvalue weighted by Crippen LogP contribution is -2.27. The van der Waals surface area contributed by atoms with Crippen LogP contribution in [0, 0.1) is 0 Å². The minimum Gasteiger partial charge on any atom is -0.481 e. The van der Waals surface area contributed by atoms with Gasteiger partial charge in [0.25, 0.3) is 0 Å². The highest BCUT2D eigenvalue weighted by Gasteiger charge is 2.31. The summed E-state index contributed by atoms with van der Waals surface area (Å²) in [6.45, 7) is 3.39. The molecule has 0 bridgehead atoms. The van der Waals surface area contributed by atoms with Gasteiger partial charge in [0.2, 0.25) is 0 Å². The van der Waals surface area contributed by atoms with E-state index in [1.54, 1.807) is 26.3 Å². The third-order valence-corrected chi connectivity index (χ3v) is 4.25. The van der Waals surface area contributed by atoms with Gasteiger partial charge in [0.1, 0.15) is 5.76 Å². The molecule has 1 N–H and O–H groups in total. The Kier molecular flexibility index (Phi) is 3.52. The van der Waals surface area contributed by atoms with Crippen molar-refractivity contribution in [2.75, 3.05) is 0 Å². The summed E-state index contributed by atoms with van der Waals surface area (Å²) in [5, 5.41) is 10.1. The van der Waals surface area contributed by atoms with Gasteiger partial charge in [-0.2, -0.15) is 0 Å². The quantitative estimate of drug-likeness (QED) is 0.902. The summed E-state index contributed by atoms with van der Waals surface area (Å²) in [6.07, 6.45) is 4.87. The largest absolute Gasteiger partial charge is 0.481 e. The standard InChI is InChI=1S/C13H15NO3S/c1-13(2,12(15)16)10-8-14-11(18-10)6-5-9-4-3-7-17-9/h3-4,7-8H,5-6H2,1-2H3,(H,15,16). The topological polar surface area (TPSA) is 63.3 Å². The zero-order valence-corrected chi connectivity index (χ0v) is 11.2. The van der Waals surface area contributed by atoms with Crippen LogP contribution in [0.15, 0.2) is 29.0 Å². The first-order valence-electron chi connectivity index (χ1n) is 5.71. The minimum atomic E-state index is -0.874. The Labute approximate surface area is 109 Å². The Morgan fingerprint density at radius 1 is 1.50 bits per heavy atom. The van der Waals surface area contributed by atoms with Gasteiger partial charge < -0.3 is 9.52 Å². The molecule has 0 radical (unpaired) electrons. The van der Waals surface area contributed by atoms with Crippen LogP contribution in [0.5, 0.6) is 0 Å². The first kappa shape index (κ1) is 12.8. The van der Waals surface area contributed by atoms with Crippen LogP contribution in [0.1, 0.15) is 29.5 Å². The summed E-state index contributed by atoms with van der Waals surface area (Å²) in [7, 11) is 0. The number of nitrogens with zero attached hydrogens (tertiary/aromatic N) is 1. The van der Waals surface area contributed by atoms with Gasteiger partial charge in [0.05, 0.1) is 16.7 Å². The lowest BCUT2D eigenvalue weighted by molar-refractivity contribution is -0.142. The van der Waals surface area contributed by atoms with Crippen LogP contribution < -0.4 is 0 Å². The van der Waals surface area contributed by atoms with Gasteiger partial charge in [0.15, 0.2) is 0 Å². The van der Waals surface area contributed by atoms with Crippen molar-refractivity contribution in [3.8, 4) is 0 Å². The summed E-state index contributed by atoms with van der Waals surface area (Å²) < 4.78 is 5.25. The van der Waals surface area contributed by atoms with Crippen molar-refractivity contribution in [3.63, 3.8) is 0 Å². The number of aliphatic carboxylic acids is 1. The average molecular weight is 265 g/mol. The molecule has 18 heavy (non-hydrogen) atoms. The van der Waals surface area contributed by atoms with Crippen molar-refractivity contribution >= 4 is 17.3 Å². The van der Waals surface area contributed by atoms with Crippen molar-refractivity contribution in [3.05, 3.63) is 40.2 Å². The van der Waals surface area contributed by atoms with Gasteiger partial charge in [0, 0.05) is 23.9 Å². The molecule has 0 unspecified atom stereocenters. The van der Waals surface area contributed by atoms with E-state index in [9.17, 15) is 4.79 Å². The third kappa shape index (κ3) is 2.61. The number of hydrogen-bond donors (Lipinski definition) is 1. The number of carbonyl (C=O) groups is 1. The maximum atomic E-state index is 11.1. The van der Waals surface area contributed by atoms with Crippen molar-refractivity contribution in [1.29, 1.82) is 0 Å². The van der Waals surface area contributed by atoms with Crippen molar-refractivity contribution < 1.29 is 14.3 Å². The lowest BCUT2D eigenvalue weighted by Gasteiger charge is -2.15. The number of carboxylic acids is 1. The summed E-state index contributed by atoms with van der Waals surface area (Å²) in [6, 6.07) is 3.78. The van der Waals surface area contributed by atoms with Crippen molar-refractivity contribution in [2.24, 2.45) is 0 Å². The molecular formula is C13H15NO3S. The van der Waals surface area contributed by atoms with Gasteiger partial charge in [-0.3, -0.25) is 4.79 Å². The average Bonchev–Trinajstić information content (AvgIpc) is 2.97. The fraction of sp³-hybridized carbons (Fsp3) is 0.385. The number of rotatable bonds is 5. The number of thiazole rings is 1. The highest BCUT2D eigenvalue weighted by Crippen LogP contribution is 2.29. The molecule has 0 saturated heterocycles. The van der Waals surface area contributed by atoms with Crippen LogP contribution in [0.4, 0.5) is 0 Å². The zero-order chi connectivity index (χ0) is 13.2. The van der Waals surface area contributed by atoms with Crippen LogP contribution >= 0.6 is 11.3 Å². The summed E-state index contributed by atoms with van der Waals surface area (Å²) >= 11 is 1.46. The normalized spacial score (nSPS) is 11.7. The Bertz CT molecular complexity index is 528. The van der Waals surface area contributed by atoms with Gasteiger partial charge in [-0.25, -0.2) is 4.98 Å². The zero-order valence-electron chi connectivity index (χ0n) is 10.3. The summed E-state index contributed by atoms with van der Waals surface area (Å²) in [5.41, 5.74) is -0.874. The molecule has 0 aliphatic rings. The van der Waals surface area contributed by atoms with Gasteiger partial charge in [-0.05, 0) is 26.0 Å². The number of furan rings is 1. The molecule has 5 heteroatoms. The minimum absolute atomic E-state index is 0.772. The second-order valence-corrected chi connectivity index (χ2v) is 5.74. The van der Waals surface area contributed by atoms with Crippen LogP contribution in [0.2, 0.25) is 0 Å². The number of aromatic nitrogens is 1. The molecule has 0 amide bonds. The second-order valence-electron chi connectivity index (χ2n) is 4.63. The lowest BCUT2D eigenvalue weighted by atomic mass is 9.93. The van der Waals surface area contributed by atoms with E-state index in [4.69, 9.17) is 9.52 Å². The smallest absolute Gasteiger partial charge is 0.314 e. The number of hydrogen-bond acceptors (Lipinski definition) is 4. The number of carboxylic acid groups (broad SMARTS) is 1. The molecule has 2 aromatic heterocycles. The van der Waals surface area contributed by atoms with E-state index in [1.807, 2.05) is 12.1 Å². The van der Waals surface area contributed by atoms with Crippen molar-refractivity contribution in [1.82, 2.24) is 4.98 Å². The molecule has 96 valence electrons. The van der Waals surface area contributed by atoms with Gasteiger partial charge >= 0.3 is 5.97 Å². The molecule has 0 spiro atoms. The Morgan fingerprint density at radius 2 is 2.28 bits per heavy atom. The first-order chi connectivity index (χ1) is 8.50. The molecule has 2 aromatic rings. The van der Waals surface area contributed by atoms with Crippen LogP contribution in [0.25, 0.3) is 0 Å². The van der Waals surface area contributed by atoms with Crippen LogP contribution in [-0.4, -0.2) is 16.1 Å². The third-order valence-electron chi connectivity index (χ3n) is 2.87. The molecule has 0 aliphatic carbocycles. The predicted molar refractivity (Wildman–Crippen MR) is 68.9 cm³/mol. The van der Waals surface area contributed by atoms with E-state index >= 15 is 0 Å². The van der Waals surface area contributed by atoms with E-state index in [0.29, 0.717) is 0 Å². The van der Waals surface area contributed by atoms with E-state index in [-0.39, 0.29) is 0 Å². The molecule has 0 saturated carbocycles. The van der Waals surface area contributed by atoms with E-state index in [0.717, 1.165) is 28.5 Å². The SMILES string of the molecule is CC(C)(C(=O)O)c1cnc(CCc2ccco2)s1.